The minimum Gasteiger partial charge on any atom is -0.360 e. The van der Waals surface area contributed by atoms with Gasteiger partial charge in [-0.15, -0.1) is 0 Å². The number of nitrogens with one attached hydrogen (secondary N) is 1. The molecular weight excluding hydrogens is 172 g/mol. The van der Waals surface area contributed by atoms with Gasteiger partial charge in [-0.1, -0.05) is 11.6 Å². The number of benzene rings is 1. The molecule has 0 aromatic heterocycles. The van der Waals surface area contributed by atoms with Gasteiger partial charge >= 0.3 is 0 Å². The highest BCUT2D eigenvalue weighted by Crippen LogP contribution is 2.20. The summed E-state index contributed by atoms with van der Waals surface area (Å²) in [4.78, 5) is 4.03. The van der Waals surface area contributed by atoms with Crippen LogP contribution in [0.2, 0.25) is 5.02 Å². The summed E-state index contributed by atoms with van der Waals surface area (Å²) < 4.78 is 0. The highest BCUT2D eigenvalue weighted by Gasteiger charge is 2.00. The monoisotopic (exact) mass is 178 g/mol. The second-order valence-electron chi connectivity index (χ2n) is 2.47. The molecule has 0 unspecified atom stereocenters. The maximum Gasteiger partial charge on any atom is 0.0470 e. The van der Waals surface area contributed by atoms with E-state index in [9.17, 15) is 0 Å². The van der Waals surface area contributed by atoms with Gasteiger partial charge in [0.25, 0.3) is 0 Å². The fraction of sp³-hybridized carbons (Fsp3) is 0. The number of aliphatic imine (C=N–C) groups is 1. The molecule has 0 atom stereocenters. The predicted molar refractivity (Wildman–Crippen MR) is 51.8 cm³/mol. The second-order valence-corrected chi connectivity index (χ2v) is 2.91. The van der Waals surface area contributed by atoms with Crippen LogP contribution >= 0.6 is 11.6 Å². The fourth-order valence-electron chi connectivity index (χ4n) is 1.07. The molecule has 1 aromatic carbocycles. The summed E-state index contributed by atoms with van der Waals surface area (Å²) >= 11 is 5.82. The maximum atomic E-state index is 5.82. The summed E-state index contributed by atoms with van der Waals surface area (Å²) in [5.74, 6) is 0. The van der Waals surface area contributed by atoms with Gasteiger partial charge in [-0.05, 0) is 18.2 Å². The molecule has 1 N–H and O–H groups in total. The zero-order chi connectivity index (χ0) is 8.39. The summed E-state index contributed by atoms with van der Waals surface area (Å²) in [6.45, 7) is 0. The van der Waals surface area contributed by atoms with E-state index < -0.39 is 0 Å². The third-order valence-electron chi connectivity index (χ3n) is 1.63. The third kappa shape index (κ3) is 1.34. The van der Waals surface area contributed by atoms with Crippen molar-refractivity contribution in [1.29, 1.82) is 0 Å². The van der Waals surface area contributed by atoms with Gasteiger partial charge in [0.2, 0.25) is 0 Å². The topological polar surface area (TPSA) is 24.4 Å². The van der Waals surface area contributed by atoms with Crippen LogP contribution in [-0.4, -0.2) is 6.21 Å². The zero-order valence-corrected chi connectivity index (χ0v) is 7.05. The molecule has 1 heterocycles. The van der Waals surface area contributed by atoms with E-state index in [0.717, 1.165) is 16.3 Å². The number of anilines is 1. The smallest absolute Gasteiger partial charge is 0.0470 e. The fourth-order valence-corrected chi connectivity index (χ4v) is 1.25. The second kappa shape index (κ2) is 2.99. The highest BCUT2D eigenvalue weighted by molar-refractivity contribution is 6.31. The van der Waals surface area contributed by atoms with Crippen molar-refractivity contribution in [3.63, 3.8) is 0 Å². The van der Waals surface area contributed by atoms with Crippen LogP contribution in [0.1, 0.15) is 5.56 Å². The van der Waals surface area contributed by atoms with E-state index in [4.69, 9.17) is 11.6 Å². The van der Waals surface area contributed by atoms with Crippen LogP contribution in [0.15, 0.2) is 35.6 Å². The third-order valence-corrected chi connectivity index (χ3v) is 1.86. The number of fused-ring (bicyclic) bond motifs is 1. The normalized spacial score (nSPS) is 13.4. The quantitative estimate of drug-likeness (QED) is 0.649. The Bertz CT molecular complexity index is 356. The molecular formula is C9H7ClN2. The Morgan fingerprint density at radius 1 is 1.33 bits per heavy atom. The van der Waals surface area contributed by atoms with Gasteiger partial charge in [0.15, 0.2) is 0 Å². The number of halogens is 1. The summed E-state index contributed by atoms with van der Waals surface area (Å²) in [7, 11) is 0. The average Bonchev–Trinajstić information content (AvgIpc) is 2.28. The maximum absolute atomic E-state index is 5.82. The summed E-state index contributed by atoms with van der Waals surface area (Å²) in [6.07, 6.45) is 5.27. The van der Waals surface area contributed by atoms with Crippen LogP contribution in [0, 0.1) is 0 Å². The van der Waals surface area contributed by atoms with E-state index in [-0.39, 0.29) is 0 Å². The van der Waals surface area contributed by atoms with Gasteiger partial charge < -0.3 is 5.32 Å². The molecule has 0 spiro atoms. The number of hydrogen-bond donors (Lipinski definition) is 1. The van der Waals surface area contributed by atoms with Crippen LogP contribution in [0.25, 0.3) is 0 Å². The molecule has 0 amide bonds. The molecule has 3 heteroatoms. The standard InChI is InChI=1S/C9H7ClN2/c10-8-1-2-9-7(5-8)6-11-3-4-12-9/h1-6,12H. The summed E-state index contributed by atoms with van der Waals surface area (Å²) in [5, 5.41) is 3.81. The lowest BCUT2D eigenvalue weighted by molar-refractivity contribution is 1.55. The molecule has 12 heavy (non-hydrogen) atoms. The van der Waals surface area contributed by atoms with Crippen LogP contribution in [0.4, 0.5) is 5.69 Å². The number of nitrogens with zero attached hydrogens (tertiary/aromatic N) is 1. The SMILES string of the molecule is Clc1ccc2c(c1)C=NC=CN2. The van der Waals surface area contributed by atoms with Crippen molar-refractivity contribution in [2.24, 2.45) is 4.99 Å². The molecule has 0 fully saturated rings. The summed E-state index contributed by atoms with van der Waals surface area (Å²) in [6, 6.07) is 5.65. The Hall–Kier alpha value is -1.28. The van der Waals surface area contributed by atoms with Crippen molar-refractivity contribution in [2.45, 2.75) is 0 Å². The zero-order valence-electron chi connectivity index (χ0n) is 6.29. The highest BCUT2D eigenvalue weighted by atomic mass is 35.5. The molecule has 60 valence electrons. The van der Waals surface area contributed by atoms with Gasteiger partial charge in [-0.25, -0.2) is 0 Å². The van der Waals surface area contributed by atoms with Gasteiger partial charge in [-0.3, -0.25) is 4.99 Å². The van der Waals surface area contributed by atoms with Crippen molar-refractivity contribution in [3.05, 3.63) is 41.2 Å². The van der Waals surface area contributed by atoms with Crippen molar-refractivity contribution >= 4 is 23.5 Å². The van der Waals surface area contributed by atoms with Crippen molar-refractivity contribution in [1.82, 2.24) is 0 Å². The van der Waals surface area contributed by atoms with Gasteiger partial charge in [0.1, 0.15) is 0 Å². The molecule has 0 saturated heterocycles. The van der Waals surface area contributed by atoms with Gasteiger partial charge in [0.05, 0.1) is 0 Å². The molecule has 0 radical (unpaired) electrons. The summed E-state index contributed by atoms with van der Waals surface area (Å²) in [5.41, 5.74) is 2.03. The minimum absolute atomic E-state index is 0.726. The average molecular weight is 179 g/mol. The molecule has 2 nitrogen and oxygen atoms in total. The van der Waals surface area contributed by atoms with E-state index in [0.29, 0.717) is 0 Å². The van der Waals surface area contributed by atoms with Gasteiger partial charge in [0, 0.05) is 34.9 Å². The van der Waals surface area contributed by atoms with Crippen molar-refractivity contribution < 1.29 is 0 Å². The lowest BCUT2D eigenvalue weighted by atomic mass is 10.2. The predicted octanol–water partition coefficient (Wildman–Crippen LogP) is 2.66. The van der Waals surface area contributed by atoms with E-state index in [1.54, 1.807) is 18.6 Å². The van der Waals surface area contributed by atoms with E-state index in [1.807, 2.05) is 18.2 Å². The Kier molecular flexibility index (Phi) is 1.84. The first-order valence-electron chi connectivity index (χ1n) is 3.60. The minimum atomic E-state index is 0.726. The lowest BCUT2D eigenvalue weighted by Crippen LogP contribution is -1.90. The molecule has 2 rings (SSSR count). The first-order valence-corrected chi connectivity index (χ1v) is 3.98. The van der Waals surface area contributed by atoms with Crippen LogP contribution in [0.5, 0.6) is 0 Å². The van der Waals surface area contributed by atoms with E-state index in [1.165, 1.54) is 0 Å². The molecule has 1 aliphatic rings. The van der Waals surface area contributed by atoms with Crippen LogP contribution < -0.4 is 5.32 Å². The molecule has 0 aliphatic carbocycles. The van der Waals surface area contributed by atoms with E-state index >= 15 is 0 Å². The van der Waals surface area contributed by atoms with Crippen LogP contribution in [-0.2, 0) is 0 Å². The first kappa shape index (κ1) is 7.37. The lowest BCUT2D eigenvalue weighted by Gasteiger charge is -2.02. The molecule has 0 bridgehead atoms. The van der Waals surface area contributed by atoms with Crippen LogP contribution in [0.3, 0.4) is 0 Å². The Morgan fingerprint density at radius 3 is 3.17 bits per heavy atom. The first-order chi connectivity index (χ1) is 5.86. The molecule has 1 aliphatic heterocycles. The largest absolute Gasteiger partial charge is 0.360 e. The Balaban J connectivity index is 2.53. The number of hydrogen-bond acceptors (Lipinski definition) is 2. The molecule has 1 aromatic rings. The van der Waals surface area contributed by atoms with Crippen molar-refractivity contribution in [3.8, 4) is 0 Å². The van der Waals surface area contributed by atoms with E-state index in [2.05, 4.69) is 10.3 Å². The number of rotatable bonds is 0. The van der Waals surface area contributed by atoms with Crippen molar-refractivity contribution in [2.75, 3.05) is 5.32 Å². The molecule has 0 saturated carbocycles. The Labute approximate surface area is 75.6 Å². The van der Waals surface area contributed by atoms with Gasteiger partial charge in [-0.2, -0.15) is 0 Å². The Morgan fingerprint density at radius 2 is 2.25 bits per heavy atom.